The first-order valence-electron chi connectivity index (χ1n) is 19.2. The summed E-state index contributed by atoms with van der Waals surface area (Å²) in [4.78, 5) is 0. The summed E-state index contributed by atoms with van der Waals surface area (Å²) in [5, 5.41) is 2.62. The van der Waals surface area contributed by atoms with Crippen molar-refractivity contribution < 1.29 is 0 Å². The molecule has 9 aromatic rings. The Hall–Kier alpha value is -6.32. The van der Waals surface area contributed by atoms with E-state index >= 15 is 0 Å². The zero-order chi connectivity index (χ0) is 36.3. The second-order valence-corrected chi connectivity index (χ2v) is 16.2. The molecule has 11 rings (SSSR count). The van der Waals surface area contributed by atoms with Crippen LogP contribution in [0.3, 0.4) is 0 Å². The van der Waals surface area contributed by atoms with Gasteiger partial charge in [-0.3, -0.25) is 0 Å². The second kappa shape index (κ2) is 11.3. The molecule has 0 amide bonds. The van der Waals surface area contributed by atoms with E-state index in [0.29, 0.717) is 0 Å². The highest BCUT2D eigenvalue weighted by atomic mass is 15.0. The molecule has 54 heavy (non-hydrogen) atoms. The molecular weight excluding hydrogens is 651 g/mol. The molecule has 0 unspecified atom stereocenters. The Labute approximate surface area is 317 Å². The highest BCUT2D eigenvalue weighted by molar-refractivity contribution is 7.00. The van der Waals surface area contributed by atoms with Crippen LogP contribution in [0.4, 0.5) is 0 Å². The van der Waals surface area contributed by atoms with Crippen molar-refractivity contribution in [2.24, 2.45) is 0 Å². The molecule has 0 saturated heterocycles. The molecule has 0 spiro atoms. The van der Waals surface area contributed by atoms with E-state index in [2.05, 4.69) is 201 Å². The maximum atomic E-state index is 2.63. The predicted molar refractivity (Wildman–Crippen MR) is 230 cm³/mol. The van der Waals surface area contributed by atoms with Crippen LogP contribution in [0.15, 0.2) is 164 Å². The quantitative estimate of drug-likeness (QED) is 0.163. The second-order valence-electron chi connectivity index (χ2n) is 16.2. The molecule has 0 N–H and O–H groups in total. The summed E-state index contributed by atoms with van der Waals surface area (Å²) in [6, 6.07) is 61.1. The van der Waals surface area contributed by atoms with Gasteiger partial charge in [-0.1, -0.05) is 166 Å². The van der Waals surface area contributed by atoms with E-state index in [1.165, 1.54) is 105 Å². The van der Waals surface area contributed by atoms with Crippen molar-refractivity contribution in [1.82, 2.24) is 9.13 Å². The van der Waals surface area contributed by atoms with Crippen LogP contribution in [0.25, 0.3) is 77.9 Å². The third-order valence-electron chi connectivity index (χ3n) is 11.9. The smallest absolute Gasteiger partial charge is 0.252 e. The Morgan fingerprint density at radius 3 is 1.41 bits per heavy atom. The van der Waals surface area contributed by atoms with Crippen molar-refractivity contribution in [3.63, 3.8) is 0 Å². The molecule has 3 heteroatoms. The lowest BCUT2D eigenvalue weighted by Gasteiger charge is -2.35. The minimum atomic E-state index is -0.0497. The molecule has 0 fully saturated rings. The van der Waals surface area contributed by atoms with Crippen LogP contribution in [-0.2, 0) is 5.41 Å². The summed E-state index contributed by atoms with van der Waals surface area (Å²) in [6.45, 7) is 9.40. The van der Waals surface area contributed by atoms with E-state index in [4.69, 9.17) is 0 Å². The molecule has 0 bridgehead atoms. The highest BCUT2D eigenvalue weighted by Crippen LogP contribution is 2.48. The fourth-order valence-corrected chi connectivity index (χ4v) is 9.62. The first-order valence-corrected chi connectivity index (χ1v) is 19.2. The van der Waals surface area contributed by atoms with Crippen molar-refractivity contribution in [3.05, 3.63) is 175 Å². The Morgan fingerprint density at radius 2 is 0.907 bits per heavy atom. The van der Waals surface area contributed by atoms with Crippen molar-refractivity contribution in [3.8, 4) is 56.1 Å². The van der Waals surface area contributed by atoms with E-state index in [0.717, 1.165) is 0 Å². The predicted octanol–water partition coefficient (Wildman–Crippen LogP) is 11.0. The number of fused-ring (bicyclic) bond motifs is 4. The van der Waals surface area contributed by atoms with Gasteiger partial charge in [0.2, 0.25) is 0 Å². The number of aryl methyl sites for hydroxylation is 1. The number of rotatable bonds is 4. The number of benzene rings is 7. The highest BCUT2D eigenvalue weighted by Gasteiger charge is 2.43. The molecule has 2 aromatic heterocycles. The molecule has 0 saturated carbocycles. The molecule has 2 nitrogen and oxygen atoms in total. The third kappa shape index (κ3) is 4.30. The molecule has 256 valence electrons. The molecule has 0 radical (unpaired) electrons. The van der Waals surface area contributed by atoms with Crippen LogP contribution in [0.5, 0.6) is 0 Å². The van der Waals surface area contributed by atoms with E-state index in [-0.39, 0.29) is 12.1 Å². The number of hydrogen-bond acceptors (Lipinski definition) is 0. The minimum absolute atomic E-state index is 0.0497. The number of para-hydroxylation sites is 1. The molecule has 0 atom stereocenters. The Morgan fingerprint density at radius 1 is 0.444 bits per heavy atom. The molecule has 2 aliphatic heterocycles. The van der Waals surface area contributed by atoms with Gasteiger partial charge in [0.05, 0.1) is 11.4 Å². The van der Waals surface area contributed by atoms with Gasteiger partial charge in [-0.15, -0.1) is 0 Å². The molecule has 2 aliphatic rings. The number of nitrogens with zero attached hydrogens (tertiary/aromatic N) is 2. The largest absolute Gasteiger partial charge is 0.310 e. The fraction of sp³-hybridized carbons (Fsp3) is 0.0980. The molecule has 4 heterocycles. The minimum Gasteiger partial charge on any atom is -0.310 e. The van der Waals surface area contributed by atoms with E-state index in [1.54, 1.807) is 0 Å². The summed E-state index contributed by atoms with van der Waals surface area (Å²) in [7, 11) is 0. The first kappa shape index (κ1) is 31.2. The van der Waals surface area contributed by atoms with Gasteiger partial charge in [0.25, 0.3) is 6.71 Å². The van der Waals surface area contributed by atoms with Crippen molar-refractivity contribution in [2.75, 3.05) is 0 Å². The first-order chi connectivity index (χ1) is 26.4. The Kier molecular flexibility index (Phi) is 6.56. The van der Waals surface area contributed by atoms with Crippen LogP contribution >= 0.6 is 0 Å². The fourth-order valence-electron chi connectivity index (χ4n) is 9.62. The lowest BCUT2D eigenvalue weighted by Crippen LogP contribution is -2.59. The summed E-state index contributed by atoms with van der Waals surface area (Å²) in [6.07, 6.45) is 0. The standard InChI is InChI=1S/C51H39BN2/c1-32-28-42-46-43(29-32)54-48(36-24-15-8-16-25-36)45(34-20-11-6-12-21-34)39-30-37(51(2,3)4)31-41(50(39)54)52(46)40-27-17-26-38-44(33-18-9-5-10-19-33)47(53(42)49(38)40)35-22-13-7-14-23-35/h5-31H,1-4H3. The lowest BCUT2D eigenvalue weighted by atomic mass is 9.34. The van der Waals surface area contributed by atoms with Crippen LogP contribution in [0.1, 0.15) is 31.9 Å². The van der Waals surface area contributed by atoms with Crippen molar-refractivity contribution >= 4 is 44.9 Å². The zero-order valence-corrected chi connectivity index (χ0v) is 31.1. The molecule has 7 aromatic carbocycles. The maximum absolute atomic E-state index is 2.63. The number of aromatic nitrogens is 2. The van der Waals surface area contributed by atoms with Crippen LogP contribution in [0.2, 0.25) is 0 Å². The van der Waals surface area contributed by atoms with Gasteiger partial charge in [0.1, 0.15) is 0 Å². The van der Waals surface area contributed by atoms with E-state index < -0.39 is 0 Å². The lowest BCUT2D eigenvalue weighted by molar-refractivity contribution is 0.591. The van der Waals surface area contributed by atoms with Gasteiger partial charge in [-0.2, -0.15) is 0 Å². The Bertz CT molecular complexity index is 2950. The topological polar surface area (TPSA) is 9.86 Å². The van der Waals surface area contributed by atoms with Gasteiger partial charge >= 0.3 is 0 Å². The summed E-state index contributed by atoms with van der Waals surface area (Å²) in [5.41, 5.74) is 21.9. The monoisotopic (exact) mass is 690 g/mol. The normalized spacial score (nSPS) is 12.8. The van der Waals surface area contributed by atoms with Gasteiger partial charge in [0.15, 0.2) is 0 Å². The third-order valence-corrected chi connectivity index (χ3v) is 11.9. The SMILES string of the molecule is Cc1cc2c3c(c1)-n1c(-c4ccccc4)c(-c4ccccc4)c4cc(C(C)(C)C)cc(c41)B3c1cccc3c(-c4ccccc4)c(-c4ccccc4)n-2c13. The van der Waals surface area contributed by atoms with Gasteiger partial charge < -0.3 is 9.13 Å². The van der Waals surface area contributed by atoms with E-state index in [1.807, 2.05) is 0 Å². The summed E-state index contributed by atoms with van der Waals surface area (Å²) in [5.74, 6) is 0. The summed E-state index contributed by atoms with van der Waals surface area (Å²) < 4.78 is 5.25. The molecule has 0 aliphatic carbocycles. The molecular formula is C51H39BN2. The Balaban J connectivity index is 1.37. The van der Waals surface area contributed by atoms with Crippen molar-refractivity contribution in [1.29, 1.82) is 0 Å². The van der Waals surface area contributed by atoms with Crippen LogP contribution < -0.4 is 16.4 Å². The average molecular weight is 691 g/mol. The zero-order valence-electron chi connectivity index (χ0n) is 31.1. The van der Waals surface area contributed by atoms with E-state index in [9.17, 15) is 0 Å². The van der Waals surface area contributed by atoms with Gasteiger partial charge in [-0.25, -0.2) is 0 Å². The maximum Gasteiger partial charge on any atom is 0.252 e. The summed E-state index contributed by atoms with van der Waals surface area (Å²) >= 11 is 0. The number of hydrogen-bond donors (Lipinski definition) is 0. The van der Waals surface area contributed by atoms with Gasteiger partial charge in [0, 0.05) is 44.3 Å². The van der Waals surface area contributed by atoms with Crippen LogP contribution in [-0.4, -0.2) is 15.8 Å². The van der Waals surface area contributed by atoms with Crippen LogP contribution in [0, 0.1) is 6.92 Å². The van der Waals surface area contributed by atoms with Gasteiger partial charge in [-0.05, 0) is 80.3 Å². The van der Waals surface area contributed by atoms with Crippen molar-refractivity contribution in [2.45, 2.75) is 33.1 Å². The average Bonchev–Trinajstić information content (AvgIpc) is 3.74.